The molecule has 0 unspecified atom stereocenters. The molecule has 2 aliphatic rings. The van der Waals surface area contributed by atoms with E-state index in [4.69, 9.17) is 9.31 Å². The van der Waals surface area contributed by atoms with Crippen molar-refractivity contribution in [2.24, 2.45) is 0 Å². The van der Waals surface area contributed by atoms with Crippen molar-refractivity contribution < 1.29 is 21.6 Å². The van der Waals surface area contributed by atoms with Gasteiger partial charge in [-0.2, -0.15) is 8.42 Å². The van der Waals surface area contributed by atoms with Crippen LogP contribution >= 0.6 is 0 Å². The van der Waals surface area contributed by atoms with Crippen molar-refractivity contribution in [3.8, 4) is 0 Å². The zero-order valence-electron chi connectivity index (χ0n) is 16.6. The lowest BCUT2D eigenvalue weighted by atomic mass is 9.74. The average Bonchev–Trinajstić information content (AvgIpc) is 2.76. The molecule has 2 heterocycles. The maximum Gasteiger partial charge on any atom is 0.495 e. The summed E-state index contributed by atoms with van der Waals surface area (Å²) in [6, 6.07) is 3.75. The molecule has 6 nitrogen and oxygen atoms in total. The van der Waals surface area contributed by atoms with Crippen LogP contribution in [0.4, 0.5) is 9.57 Å². The van der Waals surface area contributed by atoms with Crippen LogP contribution in [0.15, 0.2) is 12.1 Å². The molecule has 0 bridgehead atoms. The van der Waals surface area contributed by atoms with E-state index >= 15 is 0 Å². The fourth-order valence-corrected chi connectivity index (χ4v) is 4.11. The van der Waals surface area contributed by atoms with Gasteiger partial charge >= 0.3 is 17.3 Å². The Morgan fingerprint density at radius 2 is 1.70 bits per heavy atom. The Bertz CT molecular complexity index is 807. The maximum atomic E-state index is 13.5. The zero-order chi connectivity index (χ0) is 20.0. The summed E-state index contributed by atoms with van der Waals surface area (Å²) < 4.78 is 48.4. The zero-order valence-corrected chi connectivity index (χ0v) is 17.5. The van der Waals surface area contributed by atoms with Crippen LogP contribution in [0.25, 0.3) is 0 Å². The predicted molar refractivity (Wildman–Crippen MR) is 106 cm³/mol. The molecule has 0 atom stereocenters. The molecule has 27 heavy (non-hydrogen) atoms. The third-order valence-corrected chi connectivity index (χ3v) is 6.51. The van der Waals surface area contributed by atoms with Gasteiger partial charge in [0.05, 0.1) is 11.2 Å². The van der Waals surface area contributed by atoms with Crippen molar-refractivity contribution in [2.45, 2.75) is 51.6 Å². The minimum atomic E-state index is -4.65. The smallest absolute Gasteiger partial charge is 0.399 e. The second-order valence-corrected chi connectivity index (χ2v) is 9.69. The van der Waals surface area contributed by atoms with Gasteiger partial charge in [-0.05, 0) is 63.3 Å². The summed E-state index contributed by atoms with van der Waals surface area (Å²) in [6.45, 7) is 13.0. The van der Waals surface area contributed by atoms with Crippen molar-refractivity contribution in [2.75, 3.05) is 31.1 Å². The average molecular weight is 398 g/mol. The highest BCUT2D eigenvalue weighted by Crippen LogP contribution is 2.37. The van der Waals surface area contributed by atoms with Gasteiger partial charge < -0.3 is 19.5 Å². The van der Waals surface area contributed by atoms with Gasteiger partial charge in [0.2, 0.25) is 0 Å². The molecule has 9 heteroatoms. The minimum Gasteiger partial charge on any atom is -0.399 e. The van der Waals surface area contributed by atoms with E-state index < -0.39 is 34.3 Å². The van der Waals surface area contributed by atoms with Gasteiger partial charge in [0.1, 0.15) is 5.75 Å². The summed E-state index contributed by atoms with van der Waals surface area (Å²) in [6.07, 6.45) is 0. The molecule has 0 radical (unpaired) electrons. The van der Waals surface area contributed by atoms with E-state index in [0.717, 1.165) is 37.3 Å². The van der Waals surface area contributed by atoms with Crippen LogP contribution in [0.2, 0.25) is 0 Å². The van der Waals surface area contributed by atoms with E-state index in [1.165, 1.54) is 0 Å². The number of anilines is 1. The van der Waals surface area contributed by atoms with Crippen LogP contribution in [0.5, 0.6) is 0 Å². The van der Waals surface area contributed by atoms with Crippen LogP contribution in [-0.2, 0) is 25.3 Å². The fraction of sp³-hybridized carbons (Fsp3) is 0.667. The lowest BCUT2D eigenvalue weighted by Gasteiger charge is -2.32. The number of rotatable bonds is 4. The Balaban J connectivity index is 2.05. The van der Waals surface area contributed by atoms with Gasteiger partial charge in [0.15, 0.2) is 0 Å². The largest absolute Gasteiger partial charge is 0.495 e. The van der Waals surface area contributed by atoms with Crippen LogP contribution < -0.4 is 15.7 Å². The Labute approximate surface area is 161 Å². The topological polar surface area (TPSA) is 67.9 Å². The van der Waals surface area contributed by atoms with Crippen molar-refractivity contribution in [3.05, 3.63) is 23.3 Å². The number of halogens is 1. The van der Waals surface area contributed by atoms with Gasteiger partial charge in [-0.3, -0.25) is 0 Å². The molecule has 0 spiro atoms. The first-order chi connectivity index (χ1) is 12.4. The second kappa shape index (κ2) is 7.02. The molecule has 1 aromatic rings. The lowest BCUT2D eigenvalue weighted by molar-refractivity contribution is 0.00578. The molecule has 2 saturated heterocycles. The molecular formula is C18H28BFN2O4S. The molecule has 2 aliphatic heterocycles. The highest BCUT2D eigenvalue weighted by Gasteiger charge is 2.52. The van der Waals surface area contributed by atoms with Crippen LogP contribution in [0, 0.1) is 6.92 Å². The van der Waals surface area contributed by atoms with Gasteiger partial charge in [-0.1, -0.05) is 0 Å². The first-order valence-electron chi connectivity index (χ1n) is 9.27. The van der Waals surface area contributed by atoms with Crippen molar-refractivity contribution >= 4 is 28.5 Å². The molecule has 0 aliphatic carbocycles. The first kappa shape index (κ1) is 20.6. The number of piperazine rings is 1. The molecule has 150 valence electrons. The van der Waals surface area contributed by atoms with Crippen molar-refractivity contribution in [1.29, 1.82) is 0 Å². The lowest BCUT2D eigenvalue weighted by Crippen LogP contribution is -2.44. The number of nitrogens with one attached hydrogen (secondary N) is 1. The molecule has 0 saturated carbocycles. The Morgan fingerprint density at radius 3 is 2.22 bits per heavy atom. The van der Waals surface area contributed by atoms with E-state index in [0.29, 0.717) is 11.1 Å². The summed E-state index contributed by atoms with van der Waals surface area (Å²) in [5.41, 5.74) is 1.73. The third-order valence-electron chi connectivity index (χ3n) is 5.86. The second-order valence-electron chi connectivity index (χ2n) is 8.33. The number of benzene rings is 1. The predicted octanol–water partition coefficient (Wildman–Crippen LogP) is 1.50. The van der Waals surface area contributed by atoms with Crippen molar-refractivity contribution in [1.82, 2.24) is 5.32 Å². The highest BCUT2D eigenvalue weighted by molar-refractivity contribution is 7.85. The molecule has 2 fully saturated rings. The van der Waals surface area contributed by atoms with Crippen LogP contribution in [-0.4, -0.2) is 52.9 Å². The SMILES string of the molecule is Cc1c(CS(=O)(=O)F)cc(N2CCNCC2)cc1B1OC(C)(C)C(C)(C)O1. The monoisotopic (exact) mass is 398 g/mol. The van der Waals surface area contributed by atoms with E-state index in [9.17, 15) is 12.3 Å². The molecule has 0 amide bonds. The molecule has 1 N–H and O–H groups in total. The van der Waals surface area contributed by atoms with E-state index in [-0.39, 0.29) is 0 Å². The van der Waals surface area contributed by atoms with Gasteiger partial charge in [-0.25, -0.2) is 0 Å². The Morgan fingerprint density at radius 1 is 1.15 bits per heavy atom. The van der Waals surface area contributed by atoms with Crippen LogP contribution in [0.3, 0.4) is 0 Å². The van der Waals surface area contributed by atoms with Crippen LogP contribution in [0.1, 0.15) is 38.8 Å². The van der Waals surface area contributed by atoms with Gasteiger partial charge in [0.25, 0.3) is 0 Å². The fourth-order valence-electron chi connectivity index (χ4n) is 3.44. The summed E-state index contributed by atoms with van der Waals surface area (Å²) in [7, 11) is -5.27. The summed E-state index contributed by atoms with van der Waals surface area (Å²) in [5, 5.41) is 3.29. The summed E-state index contributed by atoms with van der Waals surface area (Å²) in [4.78, 5) is 2.17. The maximum absolute atomic E-state index is 13.5. The minimum absolute atomic E-state index is 0.443. The summed E-state index contributed by atoms with van der Waals surface area (Å²) in [5.74, 6) is -0.648. The van der Waals surface area contributed by atoms with E-state index in [2.05, 4.69) is 10.2 Å². The highest BCUT2D eigenvalue weighted by atomic mass is 32.3. The Kier molecular flexibility index (Phi) is 5.35. The molecule has 3 rings (SSSR count). The Hall–Kier alpha value is -1.16. The number of hydrogen-bond acceptors (Lipinski definition) is 6. The molecular weight excluding hydrogens is 370 g/mol. The molecule has 1 aromatic carbocycles. The quantitative estimate of drug-likeness (QED) is 0.613. The first-order valence-corrected chi connectivity index (χ1v) is 10.8. The normalized spacial score (nSPS) is 22.3. The van der Waals surface area contributed by atoms with Gasteiger partial charge in [0, 0.05) is 31.9 Å². The van der Waals surface area contributed by atoms with Gasteiger partial charge in [-0.15, -0.1) is 3.89 Å². The number of nitrogens with zero attached hydrogens (tertiary/aromatic N) is 1. The van der Waals surface area contributed by atoms with E-state index in [1.54, 1.807) is 13.0 Å². The number of hydrogen-bond donors (Lipinski definition) is 1. The van der Waals surface area contributed by atoms with Crippen molar-refractivity contribution in [3.63, 3.8) is 0 Å². The molecule has 0 aromatic heterocycles. The summed E-state index contributed by atoms with van der Waals surface area (Å²) >= 11 is 0. The van der Waals surface area contributed by atoms with E-state index in [1.807, 2.05) is 33.8 Å². The standard InChI is InChI=1S/C18H28BFN2O4S/c1-13-14(12-27(20,23)24)10-15(22-8-6-21-7-9-22)11-16(13)19-25-17(2,3)18(4,5)26-19/h10-11,21H,6-9,12H2,1-5H3. The third kappa shape index (κ3) is 4.31.